The third-order valence-corrected chi connectivity index (χ3v) is 3.25. The number of rotatable bonds is 3. The fourth-order valence-electron chi connectivity index (χ4n) is 2.15. The van der Waals surface area contributed by atoms with Crippen molar-refractivity contribution in [2.24, 2.45) is 0 Å². The first kappa shape index (κ1) is 12.7. The van der Waals surface area contributed by atoms with Gasteiger partial charge >= 0.3 is 0 Å². The number of piperazine rings is 1. The highest BCUT2D eigenvalue weighted by Gasteiger charge is 2.11. The van der Waals surface area contributed by atoms with Crippen LogP contribution in [0.3, 0.4) is 0 Å². The highest BCUT2D eigenvalue weighted by Crippen LogP contribution is 2.16. The average molecular weight is 272 g/mol. The van der Waals surface area contributed by atoms with E-state index in [0.717, 1.165) is 31.9 Å². The maximum Gasteiger partial charge on any atom is 0.260 e. The lowest BCUT2D eigenvalue weighted by Gasteiger charge is -2.29. The second-order valence-electron chi connectivity index (χ2n) is 4.60. The van der Waals surface area contributed by atoms with E-state index >= 15 is 0 Å². The van der Waals surface area contributed by atoms with Crippen LogP contribution in [-0.4, -0.2) is 37.1 Å². The zero-order chi connectivity index (χ0) is 13.8. The maximum atomic E-state index is 11.8. The van der Waals surface area contributed by atoms with E-state index in [0.29, 0.717) is 11.4 Å². The zero-order valence-corrected chi connectivity index (χ0v) is 11.0. The van der Waals surface area contributed by atoms with Crippen molar-refractivity contribution >= 4 is 17.4 Å². The predicted molar refractivity (Wildman–Crippen MR) is 76.0 cm³/mol. The lowest BCUT2D eigenvalue weighted by Crippen LogP contribution is -2.43. The van der Waals surface area contributed by atoms with Crippen LogP contribution in [0.4, 0.5) is 11.5 Å². The minimum atomic E-state index is -0.221. The fourth-order valence-corrected chi connectivity index (χ4v) is 2.15. The van der Waals surface area contributed by atoms with E-state index in [9.17, 15) is 4.79 Å². The zero-order valence-electron chi connectivity index (χ0n) is 11.0. The molecule has 0 radical (unpaired) electrons. The van der Waals surface area contributed by atoms with Crippen molar-refractivity contribution in [3.05, 3.63) is 42.5 Å². The molecule has 0 aromatic carbocycles. The molecule has 2 aromatic rings. The topological polar surface area (TPSA) is 70.4 Å². The normalized spacial score (nSPS) is 15.1. The number of hydrogen-bond donors (Lipinski definition) is 2. The van der Waals surface area contributed by atoms with Crippen molar-refractivity contribution in [1.29, 1.82) is 0 Å². The maximum absolute atomic E-state index is 11.8. The third-order valence-electron chi connectivity index (χ3n) is 3.25. The van der Waals surface area contributed by atoms with E-state index in [-0.39, 0.29) is 5.91 Å². The van der Waals surface area contributed by atoms with Crippen molar-refractivity contribution in [2.75, 3.05) is 36.4 Å². The predicted octanol–water partition coefficient (Wildman–Crippen LogP) is 1.34. The van der Waals surface area contributed by atoms with Crippen LogP contribution in [0.1, 0.15) is 10.4 Å². The molecule has 0 aliphatic carbocycles. The van der Waals surface area contributed by atoms with Gasteiger partial charge in [0.25, 0.3) is 5.91 Å². The number of aromatic nitrogens is 1. The van der Waals surface area contributed by atoms with Crippen LogP contribution < -0.4 is 15.5 Å². The molecule has 2 N–H and O–H groups in total. The first-order valence-electron chi connectivity index (χ1n) is 6.58. The number of carbonyl (C=O) groups is 1. The Morgan fingerprint density at radius 1 is 1.30 bits per heavy atom. The quantitative estimate of drug-likeness (QED) is 0.882. The van der Waals surface area contributed by atoms with Crippen molar-refractivity contribution in [3.8, 4) is 0 Å². The summed E-state index contributed by atoms with van der Waals surface area (Å²) in [6.45, 7) is 3.92. The third kappa shape index (κ3) is 2.80. The van der Waals surface area contributed by atoms with E-state index in [1.165, 1.54) is 12.5 Å². The van der Waals surface area contributed by atoms with Gasteiger partial charge in [0.05, 0.1) is 23.7 Å². The molecule has 104 valence electrons. The van der Waals surface area contributed by atoms with Crippen molar-refractivity contribution in [1.82, 2.24) is 10.3 Å². The second kappa shape index (κ2) is 5.75. The summed E-state index contributed by atoms with van der Waals surface area (Å²) in [5, 5.41) is 6.04. The van der Waals surface area contributed by atoms with E-state index in [1.807, 2.05) is 12.1 Å². The molecular weight excluding hydrogens is 256 g/mol. The Hall–Kier alpha value is -2.34. The summed E-state index contributed by atoms with van der Waals surface area (Å²) in [4.78, 5) is 18.4. The summed E-state index contributed by atoms with van der Waals surface area (Å²) in [7, 11) is 0. The van der Waals surface area contributed by atoms with Gasteiger partial charge in [0.2, 0.25) is 0 Å². The van der Waals surface area contributed by atoms with Crippen molar-refractivity contribution in [3.63, 3.8) is 0 Å². The summed E-state index contributed by atoms with van der Waals surface area (Å²) in [6.07, 6.45) is 4.66. The van der Waals surface area contributed by atoms with Gasteiger partial charge in [-0.15, -0.1) is 0 Å². The molecule has 2 aromatic heterocycles. The van der Waals surface area contributed by atoms with Gasteiger partial charge in [-0.1, -0.05) is 0 Å². The lowest BCUT2D eigenvalue weighted by atomic mass is 10.3. The summed E-state index contributed by atoms with van der Waals surface area (Å²) in [6, 6.07) is 5.41. The molecule has 20 heavy (non-hydrogen) atoms. The summed E-state index contributed by atoms with van der Waals surface area (Å²) >= 11 is 0. The Bertz CT molecular complexity index is 559. The summed E-state index contributed by atoms with van der Waals surface area (Å²) in [5.41, 5.74) is 1.56. The Morgan fingerprint density at radius 3 is 2.80 bits per heavy atom. The average Bonchev–Trinajstić information content (AvgIpc) is 3.03. The van der Waals surface area contributed by atoms with Crippen LogP contribution in [0, 0.1) is 0 Å². The largest absolute Gasteiger partial charge is 0.472 e. The number of nitrogens with zero attached hydrogens (tertiary/aromatic N) is 2. The number of carbonyl (C=O) groups excluding carboxylic acids is 1. The van der Waals surface area contributed by atoms with E-state index in [4.69, 9.17) is 4.42 Å². The highest BCUT2D eigenvalue weighted by molar-refractivity contribution is 6.03. The second-order valence-corrected chi connectivity index (χ2v) is 4.60. The number of furan rings is 1. The van der Waals surface area contributed by atoms with Crippen molar-refractivity contribution < 1.29 is 9.21 Å². The highest BCUT2D eigenvalue weighted by atomic mass is 16.3. The Balaban J connectivity index is 1.65. The molecule has 0 unspecified atom stereocenters. The number of hydrogen-bond acceptors (Lipinski definition) is 5. The Kier molecular flexibility index (Phi) is 3.64. The van der Waals surface area contributed by atoms with Crippen LogP contribution in [-0.2, 0) is 0 Å². The molecular formula is C14H16N4O2. The molecule has 6 nitrogen and oxygen atoms in total. The Morgan fingerprint density at radius 2 is 2.15 bits per heavy atom. The van der Waals surface area contributed by atoms with Crippen molar-refractivity contribution in [2.45, 2.75) is 0 Å². The fraction of sp³-hybridized carbons (Fsp3) is 0.286. The van der Waals surface area contributed by atoms with Crippen LogP contribution in [0.25, 0.3) is 0 Å². The molecule has 0 atom stereocenters. The molecule has 1 fully saturated rings. The minimum Gasteiger partial charge on any atom is -0.472 e. The SMILES string of the molecule is O=C(Nc1ccc(N2CCNCC2)cn1)c1ccoc1. The summed E-state index contributed by atoms with van der Waals surface area (Å²) in [5.74, 6) is 0.316. The minimum absolute atomic E-state index is 0.221. The Labute approximate surface area is 116 Å². The van der Waals surface area contributed by atoms with Crippen LogP contribution >= 0.6 is 0 Å². The van der Waals surface area contributed by atoms with Gasteiger partial charge in [-0.3, -0.25) is 4.79 Å². The molecule has 1 aliphatic rings. The van der Waals surface area contributed by atoms with E-state index < -0.39 is 0 Å². The molecule has 0 saturated carbocycles. The smallest absolute Gasteiger partial charge is 0.260 e. The number of nitrogens with one attached hydrogen (secondary N) is 2. The molecule has 1 amide bonds. The molecule has 3 rings (SSSR count). The molecule has 0 bridgehead atoms. The van der Waals surface area contributed by atoms with Crippen LogP contribution in [0.5, 0.6) is 0 Å². The molecule has 6 heteroatoms. The van der Waals surface area contributed by atoms with Gasteiger partial charge in [0.15, 0.2) is 0 Å². The lowest BCUT2D eigenvalue weighted by molar-refractivity contribution is 0.102. The van der Waals surface area contributed by atoms with Gasteiger partial charge in [-0.2, -0.15) is 0 Å². The molecule has 1 saturated heterocycles. The van der Waals surface area contributed by atoms with Gasteiger partial charge < -0.3 is 20.0 Å². The number of pyridine rings is 1. The van der Waals surface area contributed by atoms with Crippen LogP contribution in [0.15, 0.2) is 41.3 Å². The van der Waals surface area contributed by atoms with Gasteiger partial charge in [-0.05, 0) is 18.2 Å². The first-order chi connectivity index (χ1) is 9.83. The standard InChI is InChI=1S/C14H16N4O2/c19-14(11-3-8-20-10-11)17-13-2-1-12(9-16-13)18-6-4-15-5-7-18/h1-3,8-10,15H,4-7H2,(H,16,17,19). The summed E-state index contributed by atoms with van der Waals surface area (Å²) < 4.78 is 4.88. The number of amides is 1. The number of anilines is 2. The van der Waals surface area contributed by atoms with E-state index in [2.05, 4.69) is 20.5 Å². The van der Waals surface area contributed by atoms with E-state index in [1.54, 1.807) is 12.3 Å². The molecule has 3 heterocycles. The van der Waals surface area contributed by atoms with Gasteiger partial charge in [0, 0.05) is 26.2 Å². The van der Waals surface area contributed by atoms with Crippen LogP contribution in [0.2, 0.25) is 0 Å². The monoisotopic (exact) mass is 272 g/mol. The molecule has 1 aliphatic heterocycles. The molecule has 0 spiro atoms. The van der Waals surface area contributed by atoms with Gasteiger partial charge in [0.1, 0.15) is 12.1 Å². The van der Waals surface area contributed by atoms with Gasteiger partial charge in [-0.25, -0.2) is 4.98 Å². The first-order valence-corrected chi connectivity index (χ1v) is 6.58.